The minimum atomic E-state index is -0.980. The Morgan fingerprint density at radius 2 is 2.10 bits per heavy atom. The molecule has 0 aliphatic heterocycles. The smallest absolute Gasteiger partial charge is 0.326 e. The van der Waals surface area contributed by atoms with Gasteiger partial charge < -0.3 is 15.0 Å². The second kappa shape index (κ2) is 8.44. The molecule has 6 heteroatoms. The predicted octanol–water partition coefficient (Wildman–Crippen LogP) is 2.23. The van der Waals surface area contributed by atoms with E-state index in [1.165, 1.54) is 0 Å². The molecule has 2 unspecified atom stereocenters. The molecule has 0 aromatic carbocycles. The molecule has 1 amide bonds. The number of hydrogen-bond acceptors (Lipinski definition) is 3. The van der Waals surface area contributed by atoms with Crippen molar-refractivity contribution >= 4 is 11.9 Å². The Bertz CT molecular complexity index is 443. The maximum atomic E-state index is 12.1. The lowest BCUT2D eigenvalue weighted by atomic mass is 10.0. The number of imidazole rings is 1. The lowest BCUT2D eigenvalue weighted by Gasteiger charge is -2.20. The Balaban J connectivity index is 2.62. The van der Waals surface area contributed by atoms with E-state index in [9.17, 15) is 9.59 Å². The number of nitrogens with one attached hydrogen (secondary N) is 1. The fourth-order valence-corrected chi connectivity index (χ4v) is 2.34. The first kappa shape index (κ1) is 17.2. The summed E-state index contributed by atoms with van der Waals surface area (Å²) in [6.45, 7) is 5.93. The van der Waals surface area contributed by atoms with E-state index in [1.807, 2.05) is 24.6 Å². The summed E-state index contributed by atoms with van der Waals surface area (Å²) in [6.07, 6.45) is 7.71. The number of nitrogens with zero attached hydrogens (tertiary/aromatic N) is 2. The van der Waals surface area contributed by atoms with Gasteiger partial charge in [-0.2, -0.15) is 0 Å². The molecular weight excluding hydrogens is 270 g/mol. The highest BCUT2D eigenvalue weighted by Crippen LogP contribution is 2.18. The van der Waals surface area contributed by atoms with Crippen molar-refractivity contribution in [2.24, 2.45) is 5.92 Å². The van der Waals surface area contributed by atoms with Crippen LogP contribution in [-0.2, 0) is 9.59 Å². The van der Waals surface area contributed by atoms with Crippen molar-refractivity contribution in [3.05, 3.63) is 18.7 Å². The minimum absolute atomic E-state index is 0.0194. The van der Waals surface area contributed by atoms with E-state index in [0.717, 1.165) is 12.8 Å². The summed E-state index contributed by atoms with van der Waals surface area (Å²) in [5.41, 5.74) is 0. The van der Waals surface area contributed by atoms with Crippen LogP contribution < -0.4 is 5.32 Å². The van der Waals surface area contributed by atoms with Crippen molar-refractivity contribution in [3.8, 4) is 0 Å². The van der Waals surface area contributed by atoms with Gasteiger partial charge >= 0.3 is 5.97 Å². The summed E-state index contributed by atoms with van der Waals surface area (Å²) in [7, 11) is 0. The zero-order valence-corrected chi connectivity index (χ0v) is 13.0. The molecule has 0 spiro atoms. The van der Waals surface area contributed by atoms with E-state index in [1.54, 1.807) is 12.5 Å². The summed E-state index contributed by atoms with van der Waals surface area (Å²) in [6, 6.07) is -0.798. The Labute approximate surface area is 125 Å². The van der Waals surface area contributed by atoms with E-state index in [4.69, 9.17) is 5.11 Å². The lowest BCUT2D eigenvalue weighted by Crippen LogP contribution is -2.42. The quantitative estimate of drug-likeness (QED) is 0.731. The van der Waals surface area contributed by atoms with Crippen LogP contribution in [-0.4, -0.2) is 32.6 Å². The molecule has 0 aliphatic rings. The number of amides is 1. The maximum Gasteiger partial charge on any atom is 0.326 e. The monoisotopic (exact) mass is 295 g/mol. The standard InChI is InChI=1S/C15H25N3O3/c1-4-5-12(18-7-6-16-10-18)9-14(19)17-13(15(20)21)8-11(2)3/h6-7,10-13H,4-5,8-9H2,1-3H3,(H,17,19)(H,20,21). The molecule has 0 saturated carbocycles. The molecule has 0 aliphatic carbocycles. The van der Waals surface area contributed by atoms with Crippen molar-refractivity contribution in [1.82, 2.24) is 14.9 Å². The highest BCUT2D eigenvalue weighted by molar-refractivity contribution is 5.83. The van der Waals surface area contributed by atoms with Crippen LogP contribution >= 0.6 is 0 Å². The van der Waals surface area contributed by atoms with Crippen LogP contribution in [0.15, 0.2) is 18.7 Å². The molecule has 1 heterocycles. The van der Waals surface area contributed by atoms with E-state index < -0.39 is 12.0 Å². The Morgan fingerprint density at radius 1 is 1.38 bits per heavy atom. The van der Waals surface area contributed by atoms with Gasteiger partial charge in [-0.3, -0.25) is 4.79 Å². The number of carbonyl (C=O) groups excluding carboxylic acids is 1. The van der Waals surface area contributed by atoms with E-state index >= 15 is 0 Å². The first-order valence-electron chi connectivity index (χ1n) is 7.43. The predicted molar refractivity (Wildman–Crippen MR) is 79.8 cm³/mol. The molecule has 21 heavy (non-hydrogen) atoms. The topological polar surface area (TPSA) is 84.2 Å². The molecule has 0 saturated heterocycles. The normalized spacial score (nSPS) is 13.9. The molecule has 1 rings (SSSR count). The third-order valence-electron chi connectivity index (χ3n) is 3.33. The number of rotatable bonds is 9. The average Bonchev–Trinajstić information content (AvgIpc) is 2.90. The summed E-state index contributed by atoms with van der Waals surface area (Å²) < 4.78 is 1.90. The molecule has 6 nitrogen and oxygen atoms in total. The van der Waals surface area contributed by atoms with Crippen LogP contribution in [0.5, 0.6) is 0 Å². The van der Waals surface area contributed by atoms with Crippen LogP contribution in [0.1, 0.15) is 52.5 Å². The van der Waals surface area contributed by atoms with Gasteiger partial charge in [0.15, 0.2) is 0 Å². The van der Waals surface area contributed by atoms with Gasteiger partial charge in [0.2, 0.25) is 5.91 Å². The molecule has 0 radical (unpaired) electrons. The second-order valence-corrected chi connectivity index (χ2v) is 5.74. The number of hydrogen-bond donors (Lipinski definition) is 2. The summed E-state index contributed by atoms with van der Waals surface area (Å²) >= 11 is 0. The number of aliphatic carboxylic acids is 1. The van der Waals surface area contributed by atoms with Crippen molar-refractivity contribution in [2.75, 3.05) is 0 Å². The van der Waals surface area contributed by atoms with Crippen molar-refractivity contribution in [3.63, 3.8) is 0 Å². The first-order chi connectivity index (χ1) is 9.93. The van der Waals surface area contributed by atoms with Crippen LogP contribution in [0.4, 0.5) is 0 Å². The Kier molecular flexibility index (Phi) is 6.91. The van der Waals surface area contributed by atoms with Gasteiger partial charge in [-0.15, -0.1) is 0 Å². The van der Waals surface area contributed by atoms with Gasteiger partial charge in [0.05, 0.1) is 6.33 Å². The fourth-order valence-electron chi connectivity index (χ4n) is 2.34. The number of carboxylic acid groups (broad SMARTS) is 1. The molecule has 1 aromatic rings. The van der Waals surface area contributed by atoms with Gasteiger partial charge in [-0.1, -0.05) is 27.2 Å². The van der Waals surface area contributed by atoms with E-state index in [-0.39, 0.29) is 24.3 Å². The third kappa shape index (κ3) is 5.97. The molecule has 118 valence electrons. The molecule has 0 bridgehead atoms. The van der Waals surface area contributed by atoms with Crippen LogP contribution in [0.3, 0.4) is 0 Å². The van der Waals surface area contributed by atoms with Gasteiger partial charge in [-0.25, -0.2) is 9.78 Å². The van der Waals surface area contributed by atoms with E-state index in [2.05, 4.69) is 17.2 Å². The maximum absolute atomic E-state index is 12.1. The van der Waals surface area contributed by atoms with Crippen LogP contribution in [0, 0.1) is 5.92 Å². The van der Waals surface area contributed by atoms with Gasteiger partial charge in [0, 0.05) is 24.9 Å². The molecule has 0 fully saturated rings. The zero-order valence-electron chi connectivity index (χ0n) is 13.0. The molecule has 1 aromatic heterocycles. The average molecular weight is 295 g/mol. The summed E-state index contributed by atoms with van der Waals surface area (Å²) in [5, 5.41) is 11.8. The first-order valence-corrected chi connectivity index (χ1v) is 7.43. The largest absolute Gasteiger partial charge is 0.480 e. The Morgan fingerprint density at radius 3 is 2.57 bits per heavy atom. The zero-order chi connectivity index (χ0) is 15.8. The molecule has 2 atom stereocenters. The summed E-state index contributed by atoms with van der Waals surface area (Å²) in [5.74, 6) is -0.992. The van der Waals surface area contributed by atoms with Gasteiger partial charge in [0.25, 0.3) is 0 Å². The second-order valence-electron chi connectivity index (χ2n) is 5.74. The van der Waals surface area contributed by atoms with E-state index in [0.29, 0.717) is 6.42 Å². The van der Waals surface area contributed by atoms with Crippen LogP contribution in [0.25, 0.3) is 0 Å². The van der Waals surface area contributed by atoms with Gasteiger partial charge in [0.1, 0.15) is 6.04 Å². The fraction of sp³-hybridized carbons (Fsp3) is 0.667. The van der Waals surface area contributed by atoms with Gasteiger partial charge in [-0.05, 0) is 18.8 Å². The van der Waals surface area contributed by atoms with Crippen LogP contribution in [0.2, 0.25) is 0 Å². The van der Waals surface area contributed by atoms with Crippen molar-refractivity contribution in [1.29, 1.82) is 0 Å². The van der Waals surface area contributed by atoms with Crippen molar-refractivity contribution < 1.29 is 14.7 Å². The lowest BCUT2D eigenvalue weighted by molar-refractivity contribution is -0.142. The van der Waals surface area contributed by atoms with Crippen molar-refractivity contribution in [2.45, 2.75) is 58.5 Å². The summed E-state index contributed by atoms with van der Waals surface area (Å²) in [4.78, 5) is 27.3. The Hall–Kier alpha value is -1.85. The molecular formula is C15H25N3O3. The highest BCUT2D eigenvalue weighted by Gasteiger charge is 2.23. The minimum Gasteiger partial charge on any atom is -0.480 e. The number of carbonyl (C=O) groups is 2. The third-order valence-corrected chi connectivity index (χ3v) is 3.33. The number of aromatic nitrogens is 2. The molecule has 2 N–H and O–H groups in total. The number of carboxylic acids is 1. The highest BCUT2D eigenvalue weighted by atomic mass is 16.4. The SMILES string of the molecule is CCCC(CC(=O)NC(CC(C)C)C(=O)O)n1ccnc1.